The molecule has 0 saturated heterocycles. The summed E-state index contributed by atoms with van der Waals surface area (Å²) in [5.74, 6) is -0.138. The van der Waals surface area contributed by atoms with E-state index in [1.807, 2.05) is 42.3 Å². The Labute approximate surface area is 143 Å². The molecule has 0 bridgehead atoms. The fraction of sp³-hybridized carbons (Fsp3) is 0.188. The van der Waals surface area contributed by atoms with Crippen molar-refractivity contribution in [2.75, 3.05) is 19.5 Å². The van der Waals surface area contributed by atoms with Crippen LogP contribution in [0.2, 0.25) is 0 Å². The zero-order chi connectivity index (χ0) is 16.1. The largest absolute Gasteiger partial charge is 0.494 e. The Bertz CT molecular complexity index is 681. The lowest BCUT2D eigenvalue weighted by atomic mass is 10.2. The molecule has 1 N–H and O–H groups in total. The summed E-state index contributed by atoms with van der Waals surface area (Å²) in [5, 5.41) is 3.71. The molecule has 0 saturated carbocycles. The minimum Gasteiger partial charge on any atom is -0.494 e. The molecule has 6 heteroatoms. The quantitative estimate of drug-likeness (QED) is 0.790. The Kier molecular flexibility index (Phi) is 5.74. The van der Waals surface area contributed by atoms with Crippen molar-refractivity contribution in [3.8, 4) is 5.75 Å². The van der Waals surface area contributed by atoms with E-state index in [9.17, 15) is 4.39 Å². The average Bonchev–Trinajstić information content (AvgIpc) is 2.47. The molecule has 2 rings (SSSR count). The van der Waals surface area contributed by atoms with Crippen molar-refractivity contribution in [3.63, 3.8) is 0 Å². The van der Waals surface area contributed by atoms with Crippen LogP contribution in [0.1, 0.15) is 5.56 Å². The third kappa shape index (κ3) is 4.42. The molecule has 22 heavy (non-hydrogen) atoms. The lowest BCUT2D eigenvalue weighted by Crippen LogP contribution is -2.30. The number of anilines is 1. The first-order chi connectivity index (χ1) is 10.5. The van der Waals surface area contributed by atoms with Crippen LogP contribution in [0.15, 0.2) is 46.9 Å². The van der Waals surface area contributed by atoms with E-state index in [0.717, 1.165) is 15.7 Å². The number of nitrogens with zero attached hydrogens (tertiary/aromatic N) is 1. The normalized spacial score (nSPS) is 10.2. The van der Waals surface area contributed by atoms with Gasteiger partial charge in [0.1, 0.15) is 0 Å². The van der Waals surface area contributed by atoms with Gasteiger partial charge in [-0.15, -0.1) is 0 Å². The second kappa shape index (κ2) is 7.56. The van der Waals surface area contributed by atoms with Gasteiger partial charge in [0.05, 0.1) is 7.11 Å². The summed E-state index contributed by atoms with van der Waals surface area (Å²) >= 11 is 8.78. The maximum Gasteiger partial charge on any atom is 0.173 e. The predicted molar refractivity (Wildman–Crippen MR) is 94.8 cm³/mol. The minimum atomic E-state index is -0.376. The first kappa shape index (κ1) is 16.7. The molecule has 0 aliphatic carbocycles. The lowest BCUT2D eigenvalue weighted by molar-refractivity contribution is 0.385. The average molecular weight is 383 g/mol. The molecule has 0 fully saturated rings. The Morgan fingerprint density at radius 3 is 2.73 bits per heavy atom. The summed E-state index contributed by atoms with van der Waals surface area (Å²) in [5.41, 5.74) is 1.71. The summed E-state index contributed by atoms with van der Waals surface area (Å²) in [6, 6.07) is 12.6. The van der Waals surface area contributed by atoms with Gasteiger partial charge in [-0.05, 0) is 48.1 Å². The zero-order valence-corrected chi connectivity index (χ0v) is 14.7. The highest BCUT2D eigenvalue weighted by atomic mass is 79.9. The first-order valence-electron chi connectivity index (χ1n) is 6.59. The highest BCUT2D eigenvalue weighted by Gasteiger charge is 2.09. The van der Waals surface area contributed by atoms with Gasteiger partial charge in [0.25, 0.3) is 0 Å². The molecule has 2 aromatic carbocycles. The van der Waals surface area contributed by atoms with E-state index in [1.54, 1.807) is 6.07 Å². The van der Waals surface area contributed by atoms with Crippen LogP contribution in [0.3, 0.4) is 0 Å². The van der Waals surface area contributed by atoms with Crippen molar-refractivity contribution in [2.45, 2.75) is 6.54 Å². The molecule has 0 radical (unpaired) electrons. The summed E-state index contributed by atoms with van der Waals surface area (Å²) in [6.07, 6.45) is 0. The molecule has 0 heterocycles. The van der Waals surface area contributed by atoms with Crippen molar-refractivity contribution < 1.29 is 9.13 Å². The predicted octanol–water partition coefficient (Wildman–Crippen LogP) is 4.43. The number of methoxy groups -OCH3 is 1. The molecular weight excluding hydrogens is 367 g/mol. The van der Waals surface area contributed by atoms with Crippen LogP contribution in [-0.4, -0.2) is 24.2 Å². The summed E-state index contributed by atoms with van der Waals surface area (Å²) < 4.78 is 19.6. The van der Waals surface area contributed by atoms with Crippen LogP contribution < -0.4 is 10.1 Å². The van der Waals surface area contributed by atoms with Crippen molar-refractivity contribution in [2.24, 2.45) is 0 Å². The first-order valence-corrected chi connectivity index (χ1v) is 7.80. The monoisotopic (exact) mass is 382 g/mol. The van der Waals surface area contributed by atoms with E-state index >= 15 is 0 Å². The number of ether oxygens (including phenoxy) is 1. The molecule has 0 spiro atoms. The van der Waals surface area contributed by atoms with Crippen LogP contribution in [-0.2, 0) is 6.54 Å². The molecule has 0 atom stereocenters. The van der Waals surface area contributed by atoms with E-state index in [-0.39, 0.29) is 11.6 Å². The van der Waals surface area contributed by atoms with Crippen LogP contribution >= 0.6 is 28.1 Å². The number of hydrogen-bond acceptors (Lipinski definition) is 2. The van der Waals surface area contributed by atoms with Gasteiger partial charge in [0, 0.05) is 23.8 Å². The van der Waals surface area contributed by atoms with Crippen LogP contribution in [0.25, 0.3) is 0 Å². The molecule has 2 aromatic rings. The Balaban J connectivity index is 2.00. The number of halogens is 2. The van der Waals surface area contributed by atoms with Gasteiger partial charge in [-0.3, -0.25) is 0 Å². The van der Waals surface area contributed by atoms with Gasteiger partial charge >= 0.3 is 0 Å². The van der Waals surface area contributed by atoms with Crippen molar-refractivity contribution >= 4 is 38.9 Å². The van der Waals surface area contributed by atoms with E-state index in [4.69, 9.17) is 17.0 Å². The maximum absolute atomic E-state index is 13.7. The van der Waals surface area contributed by atoms with Crippen LogP contribution in [0.5, 0.6) is 5.75 Å². The second-order valence-electron chi connectivity index (χ2n) is 4.77. The van der Waals surface area contributed by atoms with Gasteiger partial charge in [0.2, 0.25) is 0 Å². The van der Waals surface area contributed by atoms with Gasteiger partial charge in [0.15, 0.2) is 16.7 Å². The lowest BCUT2D eigenvalue weighted by Gasteiger charge is -2.21. The summed E-state index contributed by atoms with van der Waals surface area (Å²) in [7, 11) is 3.30. The standard InChI is InChI=1S/C16H16BrFN2OS/c1-20(10-11-6-7-15(21-2)14(18)8-11)16(22)19-13-5-3-4-12(17)9-13/h3-9H,10H2,1-2H3,(H,19,22). The molecule has 0 unspecified atom stereocenters. The van der Waals surface area contributed by atoms with Gasteiger partial charge in [-0.2, -0.15) is 0 Å². The third-order valence-corrected chi connectivity index (χ3v) is 3.97. The van der Waals surface area contributed by atoms with Crippen molar-refractivity contribution in [1.29, 1.82) is 0 Å². The van der Waals surface area contributed by atoms with E-state index in [2.05, 4.69) is 21.2 Å². The molecule has 0 aliphatic heterocycles. The number of rotatable bonds is 4. The summed E-state index contributed by atoms with van der Waals surface area (Å²) in [4.78, 5) is 1.84. The molecule has 0 amide bonds. The topological polar surface area (TPSA) is 24.5 Å². The van der Waals surface area contributed by atoms with E-state index in [0.29, 0.717) is 11.7 Å². The van der Waals surface area contributed by atoms with Crippen LogP contribution in [0, 0.1) is 5.82 Å². The smallest absolute Gasteiger partial charge is 0.173 e. The summed E-state index contributed by atoms with van der Waals surface area (Å²) in [6.45, 7) is 0.501. The fourth-order valence-electron chi connectivity index (χ4n) is 1.94. The highest BCUT2D eigenvalue weighted by Crippen LogP contribution is 2.19. The Hall–Kier alpha value is -1.66. The third-order valence-electron chi connectivity index (χ3n) is 3.06. The fourth-order valence-corrected chi connectivity index (χ4v) is 2.52. The minimum absolute atomic E-state index is 0.237. The molecule has 116 valence electrons. The molecule has 0 aromatic heterocycles. The van der Waals surface area contributed by atoms with Gasteiger partial charge in [-0.1, -0.05) is 28.1 Å². The number of nitrogens with one attached hydrogen (secondary N) is 1. The van der Waals surface area contributed by atoms with Crippen molar-refractivity contribution in [3.05, 3.63) is 58.3 Å². The Morgan fingerprint density at radius 2 is 2.09 bits per heavy atom. The number of benzene rings is 2. The van der Waals surface area contributed by atoms with Gasteiger partial charge in [-0.25, -0.2) is 4.39 Å². The number of thiocarbonyl (C=S) groups is 1. The van der Waals surface area contributed by atoms with E-state index < -0.39 is 0 Å². The van der Waals surface area contributed by atoms with Crippen LogP contribution in [0.4, 0.5) is 10.1 Å². The molecular formula is C16H16BrFN2OS. The number of hydrogen-bond donors (Lipinski definition) is 1. The Morgan fingerprint density at radius 1 is 1.32 bits per heavy atom. The maximum atomic E-state index is 13.7. The van der Waals surface area contributed by atoms with Crippen molar-refractivity contribution in [1.82, 2.24) is 4.90 Å². The second-order valence-corrected chi connectivity index (χ2v) is 6.07. The van der Waals surface area contributed by atoms with E-state index in [1.165, 1.54) is 13.2 Å². The SMILES string of the molecule is COc1ccc(CN(C)C(=S)Nc2cccc(Br)c2)cc1F. The highest BCUT2D eigenvalue weighted by molar-refractivity contribution is 9.10. The zero-order valence-electron chi connectivity index (χ0n) is 12.3. The van der Waals surface area contributed by atoms with Gasteiger partial charge < -0.3 is 15.0 Å². The molecule has 0 aliphatic rings. The molecule has 3 nitrogen and oxygen atoms in total.